The van der Waals surface area contributed by atoms with Crippen molar-refractivity contribution in [3.8, 4) is 0 Å². The third-order valence-corrected chi connectivity index (χ3v) is 3.89. The largest absolute Gasteiger partial charge is 0.341 e. The Labute approximate surface area is 125 Å². The van der Waals surface area contributed by atoms with Crippen LogP contribution in [0.15, 0.2) is 35.5 Å². The van der Waals surface area contributed by atoms with Crippen LogP contribution in [0, 0.1) is 0 Å². The van der Waals surface area contributed by atoms with Crippen LogP contribution in [0.4, 0.5) is 4.79 Å². The molecule has 0 aliphatic rings. The molecule has 2 aromatic rings. The summed E-state index contributed by atoms with van der Waals surface area (Å²) in [7, 11) is 3.13. The van der Waals surface area contributed by atoms with Crippen LogP contribution in [0.2, 0.25) is 0 Å². The number of aromatic nitrogens is 4. The Balaban J connectivity index is 2.24. The normalized spacial score (nSPS) is 11.7. The lowest BCUT2D eigenvalue weighted by molar-refractivity contribution is -0.119. The number of carbonyl (C=O) groups is 2. The van der Waals surface area contributed by atoms with Gasteiger partial charge < -0.3 is 5.32 Å². The van der Waals surface area contributed by atoms with Crippen LogP contribution in [0.5, 0.6) is 0 Å². The number of thioether (sulfide) groups is 1. The Hall–Kier alpha value is -2.42. The predicted octanol–water partition coefficient (Wildman–Crippen LogP) is 0.499. The Morgan fingerprint density at radius 1 is 1.29 bits per heavy atom. The molecule has 0 bridgehead atoms. The van der Waals surface area contributed by atoms with Gasteiger partial charge in [-0.25, -0.2) is 9.48 Å². The van der Waals surface area contributed by atoms with E-state index in [4.69, 9.17) is 0 Å². The number of hydrogen-bond donors (Lipinski definition) is 2. The molecule has 1 atom stereocenters. The number of nitrogens with one attached hydrogen (secondary N) is 2. The van der Waals surface area contributed by atoms with Crippen molar-refractivity contribution >= 4 is 23.7 Å². The van der Waals surface area contributed by atoms with Gasteiger partial charge in [0.25, 0.3) is 0 Å². The third kappa shape index (κ3) is 3.78. The Bertz CT molecular complexity index is 630. The van der Waals surface area contributed by atoms with E-state index in [-0.39, 0.29) is 0 Å². The average Bonchev–Trinajstić information content (AvgIpc) is 2.90. The summed E-state index contributed by atoms with van der Waals surface area (Å²) >= 11 is 1.17. The van der Waals surface area contributed by atoms with E-state index in [9.17, 15) is 9.59 Å². The SMILES string of the molecule is CNC(=O)NC(=O)C(Sc1nnnn1C)c1ccccc1. The number of hydrogen-bond acceptors (Lipinski definition) is 6. The summed E-state index contributed by atoms with van der Waals surface area (Å²) in [5.74, 6) is -0.437. The fourth-order valence-electron chi connectivity index (χ4n) is 1.57. The van der Waals surface area contributed by atoms with E-state index in [0.717, 1.165) is 5.56 Å². The van der Waals surface area contributed by atoms with E-state index in [0.29, 0.717) is 5.16 Å². The molecule has 0 saturated carbocycles. The zero-order valence-electron chi connectivity index (χ0n) is 11.5. The lowest BCUT2D eigenvalue weighted by Crippen LogP contribution is -2.39. The highest BCUT2D eigenvalue weighted by Crippen LogP contribution is 2.33. The second kappa shape index (κ2) is 6.84. The first-order valence-electron chi connectivity index (χ1n) is 6.08. The molecule has 1 unspecified atom stereocenters. The summed E-state index contributed by atoms with van der Waals surface area (Å²) in [5.41, 5.74) is 0.756. The molecular weight excluding hydrogens is 292 g/mol. The maximum atomic E-state index is 12.3. The predicted molar refractivity (Wildman–Crippen MR) is 76.4 cm³/mol. The number of carbonyl (C=O) groups excluding carboxylic acids is 2. The van der Waals surface area contributed by atoms with Crippen LogP contribution in [0.25, 0.3) is 0 Å². The summed E-state index contributed by atoms with van der Waals surface area (Å²) in [6.07, 6.45) is 0. The fourth-order valence-corrected chi connectivity index (χ4v) is 2.51. The van der Waals surface area contributed by atoms with Gasteiger partial charge in [-0.1, -0.05) is 42.1 Å². The molecule has 8 nitrogen and oxygen atoms in total. The minimum atomic E-state index is -0.631. The summed E-state index contributed by atoms with van der Waals surface area (Å²) < 4.78 is 1.47. The highest BCUT2D eigenvalue weighted by atomic mass is 32.2. The molecule has 0 aliphatic carbocycles. The van der Waals surface area contributed by atoms with Gasteiger partial charge in [-0.15, -0.1) is 5.10 Å². The number of benzene rings is 1. The molecule has 21 heavy (non-hydrogen) atoms. The van der Waals surface area contributed by atoms with Gasteiger partial charge in [-0.3, -0.25) is 10.1 Å². The molecule has 0 fully saturated rings. The molecule has 1 aromatic carbocycles. The minimum Gasteiger partial charge on any atom is -0.341 e. The number of imide groups is 1. The molecule has 9 heteroatoms. The van der Waals surface area contributed by atoms with Crippen LogP contribution >= 0.6 is 11.8 Å². The molecular formula is C12H14N6O2S. The van der Waals surface area contributed by atoms with E-state index in [1.807, 2.05) is 30.3 Å². The van der Waals surface area contributed by atoms with E-state index >= 15 is 0 Å². The van der Waals surface area contributed by atoms with Crippen LogP contribution in [0.1, 0.15) is 10.8 Å². The molecule has 3 amide bonds. The van der Waals surface area contributed by atoms with Crippen molar-refractivity contribution in [3.63, 3.8) is 0 Å². The summed E-state index contributed by atoms with van der Waals surface area (Å²) in [5, 5.41) is 15.6. The van der Waals surface area contributed by atoms with Gasteiger partial charge in [0.05, 0.1) is 0 Å². The highest BCUT2D eigenvalue weighted by molar-refractivity contribution is 8.00. The number of urea groups is 1. The molecule has 2 N–H and O–H groups in total. The molecule has 110 valence electrons. The van der Waals surface area contributed by atoms with Crippen molar-refractivity contribution in [2.24, 2.45) is 7.05 Å². The Morgan fingerprint density at radius 2 is 2.00 bits per heavy atom. The van der Waals surface area contributed by atoms with Crippen molar-refractivity contribution in [2.75, 3.05) is 7.05 Å². The Kier molecular flexibility index (Phi) is 4.88. The second-order valence-electron chi connectivity index (χ2n) is 4.06. The molecule has 0 saturated heterocycles. The zero-order chi connectivity index (χ0) is 15.2. The van der Waals surface area contributed by atoms with Gasteiger partial charge in [-0.05, 0) is 16.0 Å². The van der Waals surface area contributed by atoms with Gasteiger partial charge in [0.15, 0.2) is 0 Å². The van der Waals surface area contributed by atoms with Crippen LogP contribution in [0.3, 0.4) is 0 Å². The van der Waals surface area contributed by atoms with Gasteiger partial charge in [0.2, 0.25) is 11.1 Å². The number of tetrazole rings is 1. The molecule has 0 radical (unpaired) electrons. The monoisotopic (exact) mass is 306 g/mol. The summed E-state index contributed by atoms with van der Waals surface area (Å²) in [6, 6.07) is 8.56. The smallest absolute Gasteiger partial charge is 0.321 e. The summed E-state index contributed by atoms with van der Waals surface area (Å²) in [6.45, 7) is 0. The first kappa shape index (κ1) is 15.0. The maximum Gasteiger partial charge on any atom is 0.321 e. The first-order chi connectivity index (χ1) is 10.1. The molecule has 0 aliphatic heterocycles. The van der Waals surface area contributed by atoms with E-state index in [1.54, 1.807) is 7.05 Å². The second-order valence-corrected chi connectivity index (χ2v) is 5.13. The molecule has 1 heterocycles. The van der Waals surface area contributed by atoms with Crippen LogP contribution in [-0.4, -0.2) is 39.2 Å². The Morgan fingerprint density at radius 3 is 2.57 bits per heavy atom. The van der Waals surface area contributed by atoms with Gasteiger partial charge in [-0.2, -0.15) is 0 Å². The van der Waals surface area contributed by atoms with Gasteiger partial charge in [0.1, 0.15) is 5.25 Å². The van der Waals surface area contributed by atoms with Crippen LogP contribution < -0.4 is 10.6 Å². The molecule has 0 spiro atoms. The topological polar surface area (TPSA) is 102 Å². The van der Waals surface area contributed by atoms with E-state index in [1.165, 1.54) is 23.5 Å². The van der Waals surface area contributed by atoms with Crippen molar-refractivity contribution < 1.29 is 9.59 Å². The quantitative estimate of drug-likeness (QED) is 0.798. The summed E-state index contributed by atoms with van der Waals surface area (Å²) in [4.78, 5) is 23.6. The maximum absolute atomic E-state index is 12.3. The zero-order valence-corrected chi connectivity index (χ0v) is 12.3. The molecule has 1 aromatic heterocycles. The van der Waals surface area contributed by atoms with Crippen molar-refractivity contribution in [1.82, 2.24) is 30.8 Å². The number of amides is 3. The first-order valence-corrected chi connectivity index (χ1v) is 6.96. The lowest BCUT2D eigenvalue weighted by Gasteiger charge is -2.15. The minimum absolute atomic E-state index is 0.437. The number of nitrogens with zero attached hydrogens (tertiary/aromatic N) is 4. The molecule has 2 rings (SSSR count). The van der Waals surface area contributed by atoms with Gasteiger partial charge in [0, 0.05) is 14.1 Å². The van der Waals surface area contributed by atoms with Crippen LogP contribution in [-0.2, 0) is 11.8 Å². The van der Waals surface area contributed by atoms with Crippen molar-refractivity contribution in [2.45, 2.75) is 10.4 Å². The number of aryl methyl sites for hydroxylation is 1. The van der Waals surface area contributed by atoms with Crippen molar-refractivity contribution in [3.05, 3.63) is 35.9 Å². The average molecular weight is 306 g/mol. The van der Waals surface area contributed by atoms with Gasteiger partial charge >= 0.3 is 6.03 Å². The van der Waals surface area contributed by atoms with E-state index < -0.39 is 17.2 Å². The highest BCUT2D eigenvalue weighted by Gasteiger charge is 2.25. The van der Waals surface area contributed by atoms with E-state index in [2.05, 4.69) is 26.2 Å². The standard InChI is InChI=1S/C12H14N6O2S/c1-13-11(20)14-10(19)9(8-6-4-3-5-7-8)21-12-15-16-17-18(12)2/h3-7,9H,1-2H3,(H2,13,14,19,20). The van der Waals surface area contributed by atoms with Crippen molar-refractivity contribution in [1.29, 1.82) is 0 Å². The third-order valence-electron chi connectivity index (χ3n) is 2.61. The number of rotatable bonds is 4. The lowest BCUT2D eigenvalue weighted by atomic mass is 10.1. The fraction of sp³-hybridized carbons (Fsp3) is 0.250.